The van der Waals surface area contributed by atoms with E-state index in [1.165, 1.54) is 0 Å². The molecule has 0 radical (unpaired) electrons. The predicted molar refractivity (Wildman–Crippen MR) is 93.2 cm³/mol. The zero-order valence-electron chi connectivity index (χ0n) is 11.4. The van der Waals surface area contributed by atoms with E-state index in [-0.39, 0.29) is 0 Å². The van der Waals surface area contributed by atoms with Crippen LogP contribution in [0, 0.1) is 0 Å². The second-order valence-corrected chi connectivity index (χ2v) is 7.43. The van der Waals surface area contributed by atoms with Gasteiger partial charge in [-0.25, -0.2) is 0 Å². The van der Waals surface area contributed by atoms with Crippen LogP contribution in [-0.2, 0) is 11.8 Å². The van der Waals surface area contributed by atoms with Crippen LogP contribution in [0.25, 0.3) is 0 Å². The molecule has 2 aromatic carbocycles. The Morgan fingerprint density at radius 3 is 1.71 bits per heavy atom. The van der Waals surface area contributed by atoms with Crippen LogP contribution >= 0.6 is 18.9 Å². The molecule has 0 aromatic heterocycles. The summed E-state index contributed by atoms with van der Waals surface area (Å²) in [5, 5.41) is 6.14. The minimum Gasteiger partial charge on any atom is -0.421 e. The number of hydrogen-bond acceptors (Lipinski definition) is 4. The largest absolute Gasteiger partial charge is 0.421 e. The molecule has 2 N–H and O–H groups in total. The molecular weight excluding hydrogens is 323 g/mol. The number of rotatable bonds is 5. The minimum atomic E-state index is -2.86. The molecule has 0 spiro atoms. The fourth-order valence-corrected chi connectivity index (χ4v) is 4.10. The van der Waals surface area contributed by atoms with Crippen LogP contribution in [0.3, 0.4) is 0 Å². The molecule has 0 bridgehead atoms. The SMILES string of the molecule is CNC(=S)NP(=S)(Oc1ccccc1)Oc1ccccc1. The molecule has 2 aromatic rings. The van der Waals surface area contributed by atoms with Crippen LogP contribution in [-0.4, -0.2) is 12.2 Å². The summed E-state index contributed by atoms with van der Waals surface area (Å²) in [6.07, 6.45) is 0. The van der Waals surface area contributed by atoms with E-state index < -0.39 is 6.64 Å². The van der Waals surface area contributed by atoms with Crippen molar-refractivity contribution < 1.29 is 9.05 Å². The van der Waals surface area contributed by atoms with Gasteiger partial charge in [0.05, 0.1) is 0 Å². The summed E-state index contributed by atoms with van der Waals surface area (Å²) in [4.78, 5) is 0. The Bertz CT molecular complexity index is 592. The molecule has 0 aliphatic heterocycles. The number of nitrogens with one attached hydrogen (secondary N) is 2. The lowest BCUT2D eigenvalue weighted by Gasteiger charge is -2.24. The Hall–Kier alpha value is -1.62. The molecule has 0 saturated carbocycles. The van der Waals surface area contributed by atoms with Crippen LogP contribution < -0.4 is 19.5 Å². The quantitative estimate of drug-likeness (QED) is 0.643. The zero-order valence-corrected chi connectivity index (χ0v) is 13.9. The van der Waals surface area contributed by atoms with Crippen molar-refractivity contribution in [1.82, 2.24) is 10.4 Å². The molecule has 4 nitrogen and oxygen atoms in total. The highest BCUT2D eigenvalue weighted by Crippen LogP contribution is 2.44. The first-order valence-electron chi connectivity index (χ1n) is 6.21. The van der Waals surface area contributed by atoms with Gasteiger partial charge in [-0.15, -0.1) is 0 Å². The summed E-state index contributed by atoms with van der Waals surface area (Å²) in [6.45, 7) is -2.86. The van der Waals surface area contributed by atoms with Crippen LogP contribution in [0.1, 0.15) is 0 Å². The van der Waals surface area contributed by atoms with Gasteiger partial charge in [-0.3, -0.25) is 5.09 Å². The van der Waals surface area contributed by atoms with Gasteiger partial charge in [-0.2, -0.15) is 0 Å². The van der Waals surface area contributed by atoms with E-state index in [0.717, 1.165) is 0 Å². The van der Waals surface area contributed by atoms with Crippen LogP contribution in [0.5, 0.6) is 11.5 Å². The third-order valence-electron chi connectivity index (χ3n) is 2.40. The summed E-state index contributed by atoms with van der Waals surface area (Å²) < 4.78 is 11.7. The van der Waals surface area contributed by atoms with Crippen LogP contribution in [0.4, 0.5) is 0 Å². The molecule has 2 rings (SSSR count). The Morgan fingerprint density at radius 1 is 0.905 bits per heavy atom. The highest BCUT2D eigenvalue weighted by Gasteiger charge is 2.24. The Balaban J connectivity index is 2.21. The van der Waals surface area contributed by atoms with Gasteiger partial charge in [0.25, 0.3) is 0 Å². The summed E-state index contributed by atoms with van der Waals surface area (Å²) in [5.41, 5.74) is 0. The minimum absolute atomic E-state index is 0.380. The first-order valence-corrected chi connectivity index (χ1v) is 9.25. The molecule has 0 amide bonds. The summed E-state index contributed by atoms with van der Waals surface area (Å²) in [6, 6.07) is 18.6. The van der Waals surface area contributed by atoms with E-state index in [0.29, 0.717) is 16.6 Å². The highest BCUT2D eigenvalue weighted by molar-refractivity contribution is 8.09. The van der Waals surface area contributed by atoms with E-state index in [2.05, 4.69) is 10.4 Å². The fraction of sp³-hybridized carbons (Fsp3) is 0.0714. The van der Waals surface area contributed by atoms with Gasteiger partial charge in [0.2, 0.25) is 0 Å². The smallest absolute Gasteiger partial charge is 0.394 e. The number of para-hydroxylation sites is 2. The van der Waals surface area contributed by atoms with E-state index >= 15 is 0 Å². The third-order valence-corrected chi connectivity index (χ3v) is 4.98. The van der Waals surface area contributed by atoms with Gasteiger partial charge in [0.15, 0.2) is 5.11 Å². The maximum Gasteiger partial charge on any atom is 0.394 e. The van der Waals surface area contributed by atoms with Crippen LogP contribution in [0.2, 0.25) is 0 Å². The van der Waals surface area contributed by atoms with Gasteiger partial charge in [-0.1, -0.05) is 36.4 Å². The van der Waals surface area contributed by atoms with Crippen molar-refractivity contribution >= 4 is 35.8 Å². The van der Waals surface area contributed by atoms with Crippen molar-refractivity contribution in [3.8, 4) is 11.5 Å². The maximum absolute atomic E-state index is 5.84. The normalized spacial score (nSPS) is 10.5. The van der Waals surface area contributed by atoms with Gasteiger partial charge in [0.1, 0.15) is 11.5 Å². The van der Waals surface area contributed by atoms with Crippen molar-refractivity contribution in [2.45, 2.75) is 0 Å². The second kappa shape index (κ2) is 7.41. The maximum atomic E-state index is 5.84. The average molecular weight is 338 g/mol. The van der Waals surface area contributed by atoms with Crippen LogP contribution in [0.15, 0.2) is 60.7 Å². The van der Waals surface area contributed by atoms with Gasteiger partial charge in [-0.05, 0) is 36.5 Å². The number of benzene rings is 2. The monoisotopic (exact) mass is 338 g/mol. The second-order valence-electron chi connectivity index (χ2n) is 4.00. The summed E-state index contributed by atoms with van der Waals surface area (Å²) in [7, 11) is 1.71. The van der Waals surface area contributed by atoms with E-state index in [9.17, 15) is 0 Å². The molecule has 0 fully saturated rings. The molecule has 0 aliphatic carbocycles. The molecule has 0 atom stereocenters. The van der Waals surface area contributed by atoms with Crippen molar-refractivity contribution in [3.05, 3.63) is 60.7 Å². The molecular formula is C14H15N2O2PS2. The number of hydrogen-bond donors (Lipinski definition) is 2. The van der Waals surface area contributed by atoms with Gasteiger partial charge in [0, 0.05) is 18.9 Å². The lowest BCUT2D eigenvalue weighted by Crippen LogP contribution is -2.32. The molecule has 0 heterocycles. The Labute approximate surface area is 134 Å². The van der Waals surface area contributed by atoms with Gasteiger partial charge >= 0.3 is 6.64 Å². The standard InChI is InChI=1S/C14H15N2O2PS2/c1-15-14(20)16-19(21,17-12-8-4-2-5-9-12)18-13-10-6-3-7-11-13/h2-11H,1H3,(H2,15,16,20,21). The van der Waals surface area contributed by atoms with E-state index in [4.69, 9.17) is 33.1 Å². The molecule has 0 aliphatic rings. The highest BCUT2D eigenvalue weighted by atomic mass is 32.5. The summed E-state index contributed by atoms with van der Waals surface area (Å²) in [5.74, 6) is 1.26. The molecule has 21 heavy (non-hydrogen) atoms. The third kappa shape index (κ3) is 5.01. The van der Waals surface area contributed by atoms with Crippen molar-refractivity contribution in [2.24, 2.45) is 0 Å². The lowest BCUT2D eigenvalue weighted by atomic mass is 10.3. The lowest BCUT2D eigenvalue weighted by molar-refractivity contribution is 0.481. The first kappa shape index (κ1) is 15.8. The Morgan fingerprint density at radius 2 is 1.33 bits per heavy atom. The number of thiocarbonyl (C=S) groups is 1. The van der Waals surface area contributed by atoms with Crippen molar-refractivity contribution in [3.63, 3.8) is 0 Å². The zero-order chi connectivity index (χ0) is 15.1. The molecule has 0 unspecified atom stereocenters. The van der Waals surface area contributed by atoms with Gasteiger partial charge < -0.3 is 14.4 Å². The Kier molecular flexibility index (Phi) is 5.56. The molecule has 7 heteroatoms. The first-order chi connectivity index (χ1) is 10.1. The summed E-state index contributed by atoms with van der Waals surface area (Å²) >= 11 is 10.7. The van der Waals surface area contributed by atoms with E-state index in [1.54, 1.807) is 7.05 Å². The predicted octanol–water partition coefficient (Wildman–Crippen LogP) is 3.46. The fourth-order valence-electron chi connectivity index (χ4n) is 1.48. The molecule has 0 saturated heterocycles. The van der Waals surface area contributed by atoms with E-state index in [1.807, 2.05) is 60.7 Å². The average Bonchev–Trinajstić information content (AvgIpc) is 2.48. The van der Waals surface area contributed by atoms with Crippen molar-refractivity contribution in [1.29, 1.82) is 0 Å². The topological polar surface area (TPSA) is 42.5 Å². The van der Waals surface area contributed by atoms with Crippen molar-refractivity contribution in [2.75, 3.05) is 7.05 Å². The molecule has 110 valence electrons.